The quantitative estimate of drug-likeness (QED) is 0.464. The largest absolute Gasteiger partial charge is 0.480 e. The number of aliphatic carboxylic acids is 1. The number of alkyl carbamates (subject to hydrolysis) is 1. The van der Waals surface area contributed by atoms with Crippen LogP contribution in [0.1, 0.15) is 45.6 Å². The average molecular weight is 547 g/mol. The minimum atomic E-state index is -1.14. The Balaban J connectivity index is 1.57. The molecule has 40 heavy (non-hydrogen) atoms. The number of carboxylic acids is 1. The van der Waals surface area contributed by atoms with E-state index in [2.05, 4.69) is 5.32 Å². The third-order valence-electron chi connectivity index (χ3n) is 7.32. The molecule has 0 aliphatic carbocycles. The molecule has 0 saturated carbocycles. The zero-order valence-electron chi connectivity index (χ0n) is 22.9. The fourth-order valence-electron chi connectivity index (χ4n) is 5.22. The lowest BCUT2D eigenvalue weighted by atomic mass is 9.85. The van der Waals surface area contributed by atoms with Gasteiger partial charge in [0.25, 0.3) is 0 Å². The predicted octanol–water partition coefficient (Wildman–Crippen LogP) is 4.21. The number of benzene rings is 2. The number of carbonyl (C=O) groups excluding carboxylic acids is 2. The second-order valence-corrected chi connectivity index (χ2v) is 11.4. The van der Waals surface area contributed by atoms with E-state index in [0.29, 0.717) is 23.1 Å². The Labute approximate surface area is 232 Å². The maximum Gasteiger partial charge on any atom is 0.407 e. The van der Waals surface area contributed by atoms with Crippen molar-refractivity contribution in [1.29, 1.82) is 0 Å². The van der Waals surface area contributed by atoms with Crippen LogP contribution in [0.25, 0.3) is 22.3 Å². The van der Waals surface area contributed by atoms with Crippen molar-refractivity contribution in [3.8, 4) is 17.1 Å². The van der Waals surface area contributed by atoms with E-state index >= 15 is 0 Å². The molecule has 1 saturated heterocycles. The van der Waals surface area contributed by atoms with Crippen molar-refractivity contribution in [1.82, 2.24) is 20.2 Å². The summed E-state index contributed by atoms with van der Waals surface area (Å²) in [7, 11) is 0. The van der Waals surface area contributed by atoms with Gasteiger partial charge in [0.15, 0.2) is 0 Å². The smallest absolute Gasteiger partial charge is 0.407 e. The van der Waals surface area contributed by atoms with Crippen molar-refractivity contribution in [2.45, 2.75) is 64.6 Å². The van der Waals surface area contributed by atoms with Gasteiger partial charge in [0.1, 0.15) is 23.9 Å². The Kier molecular flexibility index (Phi) is 7.60. The standard InChI is InChI=1S/C30H34N4O6/c1-30(2,3)25-27(35)34-17-20(16-23(34)28(36)37)40-26-24(31-21-12-4-5-13-22(21)32-26)19-11-8-10-18(15-19)9-6-7-14-39-29(38)33-25/h4-5,8,10-13,15,20,23,25H,6-7,9,14,16-17H2,1-3H3,(H,33,38)(H,36,37)/t20-,23+,25-/m1/s1. The summed E-state index contributed by atoms with van der Waals surface area (Å²) < 4.78 is 11.7. The fourth-order valence-corrected chi connectivity index (χ4v) is 5.22. The van der Waals surface area contributed by atoms with Crippen LogP contribution in [-0.4, -0.2) is 69.3 Å². The number of nitrogens with one attached hydrogen (secondary N) is 1. The van der Waals surface area contributed by atoms with Crippen LogP contribution < -0.4 is 10.1 Å². The molecule has 0 unspecified atom stereocenters. The number of rotatable bonds is 1. The van der Waals surface area contributed by atoms with E-state index in [1.807, 2.05) is 69.3 Å². The van der Waals surface area contributed by atoms with Gasteiger partial charge in [-0.05, 0) is 48.4 Å². The molecule has 0 spiro atoms. The van der Waals surface area contributed by atoms with Crippen LogP contribution in [-0.2, 0) is 20.7 Å². The fraction of sp³-hybridized carbons (Fsp3) is 0.433. The van der Waals surface area contributed by atoms with Crippen molar-refractivity contribution >= 4 is 29.0 Å². The van der Waals surface area contributed by atoms with Crippen LogP contribution in [0, 0.1) is 5.41 Å². The molecule has 1 aromatic heterocycles. The summed E-state index contributed by atoms with van der Waals surface area (Å²) in [6.45, 7) is 5.66. The number of cyclic esters (lactones) is 1. The van der Waals surface area contributed by atoms with E-state index in [1.54, 1.807) is 0 Å². The number of para-hydroxylation sites is 2. The first-order valence-electron chi connectivity index (χ1n) is 13.6. The van der Waals surface area contributed by atoms with Crippen molar-refractivity contribution in [3.63, 3.8) is 0 Å². The van der Waals surface area contributed by atoms with E-state index in [0.717, 1.165) is 24.0 Å². The molecule has 2 aromatic carbocycles. The zero-order valence-corrected chi connectivity index (χ0v) is 22.9. The van der Waals surface area contributed by atoms with Gasteiger partial charge in [-0.15, -0.1) is 0 Å². The summed E-state index contributed by atoms with van der Waals surface area (Å²) in [4.78, 5) is 49.6. The lowest BCUT2D eigenvalue weighted by molar-refractivity contribution is -0.150. The zero-order chi connectivity index (χ0) is 28.4. The lowest BCUT2D eigenvalue weighted by Crippen LogP contribution is -2.57. The lowest BCUT2D eigenvalue weighted by Gasteiger charge is -2.34. The molecule has 3 aromatic rings. The molecular formula is C30H34N4O6. The molecule has 210 valence electrons. The van der Waals surface area contributed by atoms with Gasteiger partial charge in [-0.3, -0.25) is 4.79 Å². The second-order valence-electron chi connectivity index (χ2n) is 11.4. The van der Waals surface area contributed by atoms with Gasteiger partial charge in [-0.1, -0.05) is 51.1 Å². The predicted molar refractivity (Wildman–Crippen MR) is 148 cm³/mol. The van der Waals surface area contributed by atoms with Gasteiger partial charge in [0.05, 0.1) is 24.2 Å². The Bertz CT molecular complexity index is 1440. The van der Waals surface area contributed by atoms with Gasteiger partial charge in [-0.2, -0.15) is 0 Å². The summed E-state index contributed by atoms with van der Waals surface area (Å²) >= 11 is 0. The molecule has 3 atom stereocenters. The number of hydrogen-bond donors (Lipinski definition) is 2. The number of ether oxygens (including phenoxy) is 2. The van der Waals surface area contributed by atoms with Gasteiger partial charge < -0.3 is 24.8 Å². The SMILES string of the molecule is CC(C)(C)[C@@H]1NC(=O)OCCCCc2cccc(c2)-c2nc3ccccc3nc2O[C@@H]2C[C@@H](C(=O)O)N(C2)C1=O. The van der Waals surface area contributed by atoms with Crippen molar-refractivity contribution in [2.24, 2.45) is 5.41 Å². The van der Waals surface area contributed by atoms with Crippen molar-refractivity contribution < 1.29 is 29.0 Å². The number of carbonyl (C=O) groups is 3. The maximum atomic E-state index is 13.8. The van der Waals surface area contributed by atoms with Crippen LogP contribution in [0.3, 0.4) is 0 Å². The number of fused-ring (bicyclic) bond motifs is 7. The Morgan fingerprint density at radius 2 is 1.80 bits per heavy atom. The normalized spacial score (nSPS) is 22.4. The highest BCUT2D eigenvalue weighted by Crippen LogP contribution is 2.33. The number of amides is 2. The molecule has 5 rings (SSSR count). The number of aromatic nitrogens is 2. The number of nitrogens with zero attached hydrogens (tertiary/aromatic N) is 3. The highest BCUT2D eigenvalue weighted by molar-refractivity contribution is 5.90. The van der Waals surface area contributed by atoms with E-state index in [9.17, 15) is 19.5 Å². The topological polar surface area (TPSA) is 131 Å². The molecule has 1 fully saturated rings. The van der Waals surface area contributed by atoms with Gasteiger partial charge in [-0.25, -0.2) is 19.6 Å². The molecule has 2 amide bonds. The minimum Gasteiger partial charge on any atom is -0.480 e. The van der Waals surface area contributed by atoms with E-state index in [1.165, 1.54) is 4.90 Å². The number of aryl methyl sites for hydroxylation is 1. The van der Waals surface area contributed by atoms with Crippen LogP contribution in [0.15, 0.2) is 48.5 Å². The first kappa shape index (κ1) is 27.4. The molecule has 3 heterocycles. The number of hydrogen-bond acceptors (Lipinski definition) is 7. The van der Waals surface area contributed by atoms with E-state index in [4.69, 9.17) is 19.4 Å². The van der Waals surface area contributed by atoms with Gasteiger partial charge >= 0.3 is 12.1 Å². The molecule has 10 nitrogen and oxygen atoms in total. The van der Waals surface area contributed by atoms with E-state index in [-0.39, 0.29) is 25.5 Å². The van der Waals surface area contributed by atoms with Crippen LogP contribution in [0.4, 0.5) is 4.79 Å². The highest BCUT2D eigenvalue weighted by atomic mass is 16.5. The monoisotopic (exact) mass is 546 g/mol. The molecule has 2 N–H and O–H groups in total. The molecule has 0 radical (unpaired) electrons. The molecule has 10 heteroatoms. The molecule has 4 bridgehead atoms. The second kappa shape index (κ2) is 11.1. The number of carboxylic acid groups (broad SMARTS) is 1. The Morgan fingerprint density at radius 3 is 2.52 bits per heavy atom. The summed E-state index contributed by atoms with van der Waals surface area (Å²) in [6.07, 6.45) is 0.930. The average Bonchev–Trinajstić information content (AvgIpc) is 3.34. The van der Waals surface area contributed by atoms with E-state index < -0.39 is 41.6 Å². The van der Waals surface area contributed by atoms with Gasteiger partial charge in [0.2, 0.25) is 11.8 Å². The van der Waals surface area contributed by atoms with Crippen LogP contribution >= 0.6 is 0 Å². The maximum absolute atomic E-state index is 13.8. The Hall–Kier alpha value is -4.21. The first-order chi connectivity index (χ1) is 19.1. The van der Waals surface area contributed by atoms with Crippen molar-refractivity contribution in [2.75, 3.05) is 13.2 Å². The van der Waals surface area contributed by atoms with Crippen LogP contribution in [0.2, 0.25) is 0 Å². The minimum absolute atomic E-state index is 0.0209. The molecular weight excluding hydrogens is 512 g/mol. The summed E-state index contributed by atoms with van der Waals surface area (Å²) in [5.74, 6) is -1.35. The summed E-state index contributed by atoms with van der Waals surface area (Å²) in [5.41, 5.74) is 3.15. The van der Waals surface area contributed by atoms with Crippen LogP contribution in [0.5, 0.6) is 5.88 Å². The van der Waals surface area contributed by atoms with Crippen molar-refractivity contribution in [3.05, 3.63) is 54.1 Å². The third-order valence-corrected chi connectivity index (χ3v) is 7.32. The highest BCUT2D eigenvalue weighted by Gasteiger charge is 2.46. The summed E-state index contributed by atoms with van der Waals surface area (Å²) in [6, 6.07) is 13.4. The first-order valence-corrected chi connectivity index (χ1v) is 13.6. The Morgan fingerprint density at radius 1 is 1.05 bits per heavy atom. The van der Waals surface area contributed by atoms with Gasteiger partial charge in [0, 0.05) is 12.0 Å². The summed E-state index contributed by atoms with van der Waals surface area (Å²) in [5, 5.41) is 12.7. The third kappa shape index (κ3) is 5.85. The molecule has 2 aliphatic heterocycles. The molecule has 2 aliphatic rings.